The number of amides is 1. The number of halogens is 1. The summed E-state index contributed by atoms with van der Waals surface area (Å²) in [6.07, 6.45) is 0. The summed E-state index contributed by atoms with van der Waals surface area (Å²) in [6.45, 7) is 0.626. The number of nitrogens with zero attached hydrogens (tertiary/aromatic N) is 3. The zero-order valence-corrected chi connectivity index (χ0v) is 16.5. The van der Waals surface area contributed by atoms with E-state index < -0.39 is 0 Å². The highest BCUT2D eigenvalue weighted by Gasteiger charge is 2.14. The van der Waals surface area contributed by atoms with Crippen molar-refractivity contribution < 1.29 is 14.3 Å². The Morgan fingerprint density at radius 2 is 2.07 bits per heavy atom. The molecule has 0 unspecified atom stereocenters. The maximum absolute atomic E-state index is 12.2. The average molecular weight is 428 g/mol. The SMILES string of the molecule is O=C(CSc1nnc2c(n1)[nH]c1ccc(Cl)cc12)NCc1ccc2c(c1)OCO2. The lowest BCUT2D eigenvalue weighted by Gasteiger charge is -2.06. The molecule has 0 atom stereocenters. The maximum Gasteiger partial charge on any atom is 0.231 e. The van der Waals surface area contributed by atoms with Gasteiger partial charge in [-0.3, -0.25) is 4.79 Å². The first-order valence-corrected chi connectivity index (χ1v) is 10.1. The van der Waals surface area contributed by atoms with Gasteiger partial charge < -0.3 is 19.8 Å². The minimum Gasteiger partial charge on any atom is -0.454 e. The number of hydrogen-bond acceptors (Lipinski definition) is 7. The third-order valence-electron chi connectivity index (χ3n) is 4.42. The van der Waals surface area contributed by atoms with Crippen LogP contribution in [0.3, 0.4) is 0 Å². The second-order valence-corrected chi connectivity index (χ2v) is 7.74. The molecule has 5 rings (SSSR count). The molecule has 2 N–H and O–H groups in total. The summed E-state index contributed by atoms with van der Waals surface area (Å²) in [4.78, 5) is 19.8. The Labute approximate surface area is 174 Å². The van der Waals surface area contributed by atoms with E-state index >= 15 is 0 Å². The van der Waals surface area contributed by atoms with E-state index in [4.69, 9.17) is 21.1 Å². The topological polar surface area (TPSA) is 102 Å². The Kier molecular flexibility index (Phi) is 4.61. The number of aromatic nitrogens is 4. The molecule has 29 heavy (non-hydrogen) atoms. The van der Waals surface area contributed by atoms with Crippen LogP contribution in [0.15, 0.2) is 41.6 Å². The van der Waals surface area contributed by atoms with Crippen molar-refractivity contribution >= 4 is 51.3 Å². The van der Waals surface area contributed by atoms with Gasteiger partial charge in [0.15, 0.2) is 17.1 Å². The third kappa shape index (κ3) is 3.66. The number of nitrogens with one attached hydrogen (secondary N) is 2. The summed E-state index contributed by atoms with van der Waals surface area (Å²) in [6, 6.07) is 11.1. The minimum absolute atomic E-state index is 0.125. The van der Waals surface area contributed by atoms with Crippen LogP contribution in [-0.4, -0.2) is 38.6 Å². The fourth-order valence-electron chi connectivity index (χ4n) is 3.02. The normalized spacial score (nSPS) is 12.6. The van der Waals surface area contributed by atoms with Crippen LogP contribution in [0.1, 0.15) is 5.56 Å². The molecule has 2 aromatic carbocycles. The maximum atomic E-state index is 12.2. The number of carbonyl (C=O) groups excluding carboxylic acids is 1. The van der Waals surface area contributed by atoms with Crippen molar-refractivity contribution in [3.05, 3.63) is 47.0 Å². The summed E-state index contributed by atoms with van der Waals surface area (Å²) in [5.41, 5.74) is 3.08. The summed E-state index contributed by atoms with van der Waals surface area (Å²) >= 11 is 7.27. The van der Waals surface area contributed by atoms with Crippen LogP contribution < -0.4 is 14.8 Å². The van der Waals surface area contributed by atoms with E-state index in [0.717, 1.165) is 22.2 Å². The molecule has 0 saturated heterocycles. The first kappa shape index (κ1) is 18.0. The highest BCUT2D eigenvalue weighted by Crippen LogP contribution is 2.32. The number of carbonyl (C=O) groups is 1. The quantitative estimate of drug-likeness (QED) is 0.471. The van der Waals surface area contributed by atoms with Gasteiger partial charge in [0.2, 0.25) is 17.9 Å². The molecule has 10 heteroatoms. The number of aromatic amines is 1. The Bertz CT molecular complexity index is 1250. The number of fused-ring (bicyclic) bond motifs is 4. The van der Waals surface area contributed by atoms with Crippen LogP contribution in [0.25, 0.3) is 22.1 Å². The second-order valence-electron chi connectivity index (χ2n) is 6.36. The predicted molar refractivity (Wildman–Crippen MR) is 109 cm³/mol. The van der Waals surface area contributed by atoms with E-state index in [-0.39, 0.29) is 18.5 Å². The predicted octanol–water partition coefficient (Wildman–Crippen LogP) is 3.30. The van der Waals surface area contributed by atoms with Gasteiger partial charge in [0.05, 0.1) is 5.75 Å². The lowest BCUT2D eigenvalue weighted by atomic mass is 10.2. The van der Waals surface area contributed by atoms with E-state index in [1.165, 1.54) is 11.8 Å². The van der Waals surface area contributed by atoms with Crippen molar-refractivity contribution in [2.75, 3.05) is 12.5 Å². The number of ether oxygens (including phenoxy) is 2. The first-order valence-electron chi connectivity index (χ1n) is 8.75. The Morgan fingerprint density at radius 3 is 3.00 bits per heavy atom. The van der Waals surface area contributed by atoms with Crippen LogP contribution in [-0.2, 0) is 11.3 Å². The lowest BCUT2D eigenvalue weighted by molar-refractivity contribution is -0.118. The number of rotatable bonds is 5. The molecule has 8 nitrogen and oxygen atoms in total. The average Bonchev–Trinajstić information content (AvgIpc) is 3.34. The zero-order chi connectivity index (χ0) is 19.8. The number of hydrogen-bond donors (Lipinski definition) is 2. The molecule has 0 fully saturated rings. The summed E-state index contributed by atoms with van der Waals surface area (Å²) in [7, 11) is 0. The van der Waals surface area contributed by atoms with Gasteiger partial charge in [-0.15, -0.1) is 10.2 Å². The Balaban J connectivity index is 1.22. The molecular formula is C19H14ClN5O3S. The molecule has 0 spiro atoms. The van der Waals surface area contributed by atoms with Crippen molar-refractivity contribution in [1.29, 1.82) is 0 Å². The van der Waals surface area contributed by atoms with Crippen LogP contribution in [0.5, 0.6) is 11.5 Å². The second kappa shape index (κ2) is 7.41. The molecule has 1 aliphatic heterocycles. The van der Waals surface area contributed by atoms with Crippen molar-refractivity contribution in [3.8, 4) is 11.5 Å². The molecule has 146 valence electrons. The summed E-state index contributed by atoms with van der Waals surface area (Å²) in [5.74, 6) is 1.47. The largest absolute Gasteiger partial charge is 0.454 e. The fraction of sp³-hybridized carbons (Fsp3) is 0.158. The lowest BCUT2D eigenvalue weighted by Crippen LogP contribution is -2.24. The van der Waals surface area contributed by atoms with Gasteiger partial charge in [0.1, 0.15) is 5.52 Å². The van der Waals surface area contributed by atoms with Gasteiger partial charge in [0.25, 0.3) is 0 Å². The van der Waals surface area contributed by atoms with Crippen LogP contribution >= 0.6 is 23.4 Å². The number of benzene rings is 2. The smallest absolute Gasteiger partial charge is 0.231 e. The first-order chi connectivity index (χ1) is 14.2. The molecule has 0 bridgehead atoms. The summed E-state index contributed by atoms with van der Waals surface area (Å²) < 4.78 is 10.6. The monoisotopic (exact) mass is 427 g/mol. The molecular weight excluding hydrogens is 414 g/mol. The number of thioether (sulfide) groups is 1. The number of H-pyrrole nitrogens is 1. The fourth-order valence-corrected chi connectivity index (χ4v) is 3.81. The molecule has 0 saturated carbocycles. The molecule has 0 radical (unpaired) electrons. The van der Waals surface area contributed by atoms with E-state index in [1.54, 1.807) is 6.07 Å². The van der Waals surface area contributed by atoms with Gasteiger partial charge in [-0.1, -0.05) is 29.4 Å². The third-order valence-corrected chi connectivity index (χ3v) is 5.49. The molecule has 3 heterocycles. The molecule has 1 aliphatic rings. The van der Waals surface area contributed by atoms with Crippen molar-refractivity contribution in [2.24, 2.45) is 0 Å². The Morgan fingerprint density at radius 1 is 1.17 bits per heavy atom. The van der Waals surface area contributed by atoms with Gasteiger partial charge in [-0.2, -0.15) is 0 Å². The summed E-state index contributed by atoms with van der Waals surface area (Å²) in [5, 5.41) is 13.1. The van der Waals surface area contributed by atoms with Crippen molar-refractivity contribution in [1.82, 2.24) is 25.5 Å². The van der Waals surface area contributed by atoms with Crippen LogP contribution in [0.2, 0.25) is 5.02 Å². The van der Waals surface area contributed by atoms with Gasteiger partial charge in [-0.05, 0) is 35.9 Å². The molecule has 2 aromatic heterocycles. The van der Waals surface area contributed by atoms with Crippen molar-refractivity contribution in [2.45, 2.75) is 11.7 Å². The van der Waals surface area contributed by atoms with Crippen LogP contribution in [0.4, 0.5) is 0 Å². The zero-order valence-electron chi connectivity index (χ0n) is 14.9. The Hall–Kier alpha value is -3.04. The molecule has 4 aromatic rings. The molecule has 0 aliphatic carbocycles. The van der Waals surface area contributed by atoms with E-state index in [1.807, 2.05) is 30.3 Å². The highest BCUT2D eigenvalue weighted by atomic mass is 35.5. The van der Waals surface area contributed by atoms with Crippen LogP contribution in [0, 0.1) is 0 Å². The molecule has 1 amide bonds. The standard InChI is InChI=1S/C19H14ClN5O3S/c20-11-2-3-13-12(6-11)17-18(22-13)23-19(25-24-17)29-8-16(26)21-7-10-1-4-14-15(5-10)28-9-27-14/h1-6H,7-9H2,(H,21,26)(H,22,23,25). The minimum atomic E-state index is -0.125. The van der Waals surface area contributed by atoms with E-state index in [0.29, 0.717) is 33.6 Å². The van der Waals surface area contributed by atoms with Gasteiger partial charge in [-0.25, -0.2) is 4.98 Å². The highest BCUT2D eigenvalue weighted by molar-refractivity contribution is 7.99. The van der Waals surface area contributed by atoms with E-state index in [9.17, 15) is 4.79 Å². The van der Waals surface area contributed by atoms with E-state index in [2.05, 4.69) is 25.5 Å². The van der Waals surface area contributed by atoms with Gasteiger partial charge >= 0.3 is 0 Å². The van der Waals surface area contributed by atoms with Crippen molar-refractivity contribution in [3.63, 3.8) is 0 Å². The van der Waals surface area contributed by atoms with Gasteiger partial charge in [0, 0.05) is 22.5 Å².